The highest BCUT2D eigenvalue weighted by Crippen LogP contribution is 2.04. The fraction of sp³-hybridized carbons (Fsp3) is 0.706. The third kappa shape index (κ3) is 7.56. The second kappa shape index (κ2) is 11.7. The minimum Gasteiger partial charge on any atom is -0.357 e. The lowest BCUT2D eigenvalue weighted by Gasteiger charge is -2.25. The number of nitrogens with zero attached hydrogens (tertiary/aromatic N) is 4. The van der Waals surface area contributed by atoms with Gasteiger partial charge in [0.05, 0.1) is 13.1 Å². The molecule has 23 heavy (non-hydrogen) atoms. The monoisotopic (exact) mass is 435 g/mol. The first-order valence-corrected chi connectivity index (χ1v) is 8.33. The van der Waals surface area contributed by atoms with E-state index in [0.29, 0.717) is 6.04 Å². The van der Waals surface area contributed by atoms with Gasteiger partial charge in [-0.3, -0.25) is 9.89 Å². The van der Waals surface area contributed by atoms with Gasteiger partial charge in [-0.15, -0.1) is 24.0 Å². The van der Waals surface area contributed by atoms with Gasteiger partial charge in [-0.05, 0) is 39.4 Å². The number of nitrogens with one attached hydrogen (secondary N) is 1. The molecule has 5 nitrogen and oxygen atoms in total. The van der Waals surface area contributed by atoms with E-state index in [9.17, 15) is 0 Å². The van der Waals surface area contributed by atoms with Crippen molar-refractivity contribution in [3.63, 3.8) is 0 Å². The maximum Gasteiger partial charge on any atom is 0.194 e. The molecule has 0 aliphatic carbocycles. The van der Waals surface area contributed by atoms with E-state index < -0.39 is 0 Å². The molecular weight excluding hydrogens is 401 g/mol. The maximum atomic E-state index is 4.77. The zero-order chi connectivity index (χ0) is 16.5. The summed E-state index contributed by atoms with van der Waals surface area (Å²) in [4.78, 5) is 9.39. The van der Waals surface area contributed by atoms with E-state index in [1.807, 2.05) is 0 Å². The normalized spacial score (nSPS) is 11.7. The van der Waals surface area contributed by atoms with Gasteiger partial charge in [0.25, 0.3) is 0 Å². The highest BCUT2D eigenvalue weighted by atomic mass is 127. The Morgan fingerprint density at radius 1 is 1.35 bits per heavy atom. The highest BCUT2D eigenvalue weighted by molar-refractivity contribution is 14.0. The number of halogens is 1. The summed E-state index contributed by atoms with van der Waals surface area (Å²) in [6, 6.07) is 4.80. The Morgan fingerprint density at radius 2 is 2.04 bits per heavy atom. The zero-order valence-electron chi connectivity index (χ0n) is 15.5. The van der Waals surface area contributed by atoms with Crippen LogP contribution in [0.5, 0.6) is 0 Å². The second-order valence-corrected chi connectivity index (χ2v) is 5.92. The standard InChI is InChI=1S/C17H33N5.HI/c1-7-18-17(19-11-13-22(8-2)15(3)4)21(6)14-16-10-9-12-20(16)5;/h9-10,12,15H,7-8,11,13-14H2,1-6H3,(H,18,19);1H. The average Bonchev–Trinajstić information content (AvgIpc) is 2.87. The summed E-state index contributed by atoms with van der Waals surface area (Å²) in [5.74, 6) is 0.975. The van der Waals surface area contributed by atoms with Crippen LogP contribution in [0.15, 0.2) is 23.3 Å². The number of hydrogen-bond donors (Lipinski definition) is 1. The fourth-order valence-corrected chi connectivity index (χ4v) is 2.51. The van der Waals surface area contributed by atoms with E-state index in [2.05, 4.69) is 79.8 Å². The van der Waals surface area contributed by atoms with Crippen LogP contribution >= 0.6 is 24.0 Å². The number of aromatic nitrogens is 1. The molecule has 1 aromatic heterocycles. The molecular formula is C17H34IN5. The van der Waals surface area contributed by atoms with Crippen molar-refractivity contribution in [2.45, 2.75) is 40.3 Å². The van der Waals surface area contributed by atoms with Gasteiger partial charge in [0.2, 0.25) is 0 Å². The van der Waals surface area contributed by atoms with Gasteiger partial charge < -0.3 is 14.8 Å². The van der Waals surface area contributed by atoms with E-state index in [4.69, 9.17) is 4.99 Å². The van der Waals surface area contributed by atoms with Crippen LogP contribution in [0.2, 0.25) is 0 Å². The first kappa shape index (κ1) is 22.2. The summed E-state index contributed by atoms with van der Waals surface area (Å²) in [6.45, 7) is 13.4. The van der Waals surface area contributed by atoms with Crippen LogP contribution < -0.4 is 5.32 Å². The molecule has 0 aliphatic heterocycles. The molecule has 0 amide bonds. The van der Waals surface area contributed by atoms with E-state index in [1.165, 1.54) is 5.69 Å². The van der Waals surface area contributed by atoms with Crippen LogP contribution in [-0.2, 0) is 13.6 Å². The molecule has 0 saturated carbocycles. The van der Waals surface area contributed by atoms with Gasteiger partial charge in [0, 0.05) is 45.1 Å². The van der Waals surface area contributed by atoms with Gasteiger partial charge in [-0.2, -0.15) is 0 Å². The van der Waals surface area contributed by atoms with Crippen molar-refractivity contribution in [2.75, 3.05) is 33.2 Å². The van der Waals surface area contributed by atoms with Crippen LogP contribution in [0.1, 0.15) is 33.4 Å². The van der Waals surface area contributed by atoms with Crippen molar-refractivity contribution in [2.24, 2.45) is 12.0 Å². The molecule has 0 saturated heterocycles. The number of likely N-dealkylation sites (N-methyl/N-ethyl adjacent to an activating group) is 1. The number of aryl methyl sites for hydroxylation is 1. The molecule has 0 spiro atoms. The largest absolute Gasteiger partial charge is 0.357 e. The van der Waals surface area contributed by atoms with Gasteiger partial charge in [-0.1, -0.05) is 6.92 Å². The summed E-state index contributed by atoms with van der Waals surface area (Å²) in [5.41, 5.74) is 1.28. The molecule has 0 fully saturated rings. The quantitative estimate of drug-likeness (QED) is 0.388. The van der Waals surface area contributed by atoms with Gasteiger partial charge in [0.1, 0.15) is 0 Å². The molecule has 1 rings (SSSR count). The van der Waals surface area contributed by atoms with Crippen LogP contribution in [0.4, 0.5) is 0 Å². The Kier molecular flexibility index (Phi) is 11.3. The number of rotatable bonds is 8. The van der Waals surface area contributed by atoms with E-state index in [0.717, 1.165) is 38.7 Å². The zero-order valence-corrected chi connectivity index (χ0v) is 17.9. The molecule has 1 aromatic rings. The van der Waals surface area contributed by atoms with Crippen molar-refractivity contribution in [1.82, 2.24) is 19.7 Å². The summed E-state index contributed by atoms with van der Waals surface area (Å²) >= 11 is 0. The topological polar surface area (TPSA) is 35.8 Å². The lowest BCUT2D eigenvalue weighted by molar-refractivity contribution is 0.240. The number of aliphatic imine (C=N–C) groups is 1. The summed E-state index contributed by atoms with van der Waals surface area (Å²) < 4.78 is 2.15. The summed E-state index contributed by atoms with van der Waals surface area (Å²) in [6.07, 6.45) is 2.08. The molecule has 0 aliphatic rings. The Morgan fingerprint density at radius 3 is 2.52 bits per heavy atom. The molecule has 0 aromatic carbocycles. The molecule has 0 unspecified atom stereocenters. The van der Waals surface area contributed by atoms with Gasteiger partial charge >= 0.3 is 0 Å². The summed E-state index contributed by atoms with van der Waals surface area (Å²) in [5, 5.41) is 3.38. The second-order valence-electron chi connectivity index (χ2n) is 5.92. The molecule has 0 atom stereocenters. The molecule has 1 N–H and O–H groups in total. The Balaban J connectivity index is 0.00000484. The third-order valence-electron chi connectivity index (χ3n) is 3.93. The Labute approximate surface area is 159 Å². The van der Waals surface area contributed by atoms with Crippen LogP contribution in [-0.4, -0.2) is 59.6 Å². The predicted molar refractivity (Wildman–Crippen MR) is 111 cm³/mol. The smallest absolute Gasteiger partial charge is 0.194 e. The van der Waals surface area contributed by atoms with E-state index in [-0.39, 0.29) is 24.0 Å². The third-order valence-corrected chi connectivity index (χ3v) is 3.93. The van der Waals surface area contributed by atoms with Crippen molar-refractivity contribution < 1.29 is 0 Å². The Bertz CT molecular complexity index is 456. The van der Waals surface area contributed by atoms with E-state index in [1.54, 1.807) is 0 Å². The van der Waals surface area contributed by atoms with E-state index >= 15 is 0 Å². The van der Waals surface area contributed by atoms with Crippen molar-refractivity contribution in [3.05, 3.63) is 24.0 Å². The molecule has 134 valence electrons. The minimum absolute atomic E-state index is 0. The lowest BCUT2D eigenvalue weighted by atomic mass is 10.3. The predicted octanol–water partition coefficient (Wildman–Crippen LogP) is 2.77. The van der Waals surface area contributed by atoms with Crippen molar-refractivity contribution in [1.29, 1.82) is 0 Å². The fourth-order valence-electron chi connectivity index (χ4n) is 2.51. The molecule has 1 heterocycles. The number of hydrogen-bond acceptors (Lipinski definition) is 2. The minimum atomic E-state index is 0. The van der Waals surface area contributed by atoms with Gasteiger partial charge in [0.15, 0.2) is 5.96 Å². The SMILES string of the molecule is CCNC(=NCCN(CC)C(C)C)N(C)Cc1cccn1C.I. The first-order chi connectivity index (χ1) is 10.5. The average molecular weight is 435 g/mol. The number of guanidine groups is 1. The summed E-state index contributed by atoms with van der Waals surface area (Å²) in [7, 11) is 4.17. The maximum absolute atomic E-state index is 4.77. The van der Waals surface area contributed by atoms with Crippen molar-refractivity contribution >= 4 is 29.9 Å². The van der Waals surface area contributed by atoms with Crippen molar-refractivity contribution in [3.8, 4) is 0 Å². The Hall–Kier alpha value is -0.760. The first-order valence-electron chi connectivity index (χ1n) is 8.33. The molecule has 0 bridgehead atoms. The molecule has 0 radical (unpaired) electrons. The van der Waals surface area contributed by atoms with Crippen LogP contribution in [0, 0.1) is 0 Å². The van der Waals surface area contributed by atoms with Gasteiger partial charge in [-0.25, -0.2) is 0 Å². The van der Waals surface area contributed by atoms with Crippen LogP contribution in [0.25, 0.3) is 0 Å². The van der Waals surface area contributed by atoms with Crippen LogP contribution in [0.3, 0.4) is 0 Å². The lowest BCUT2D eigenvalue weighted by Crippen LogP contribution is -2.40. The highest BCUT2D eigenvalue weighted by Gasteiger charge is 2.09. The molecule has 6 heteroatoms.